The standard InChI is InChI=1S/C32H38N2O5/c1-19(35)26(38-8)28(31(2,3)4)34-30(37)23-17-13-11-15-21(23)20-14-10-12-16-22(20)24-18-25(36)27(39-9)29(33-24)32(5,6)7/h10-18H,1-9H3,(H,33,36)(H,34,37)/b28-26+. The highest BCUT2D eigenvalue weighted by molar-refractivity contribution is 6.04. The average molecular weight is 531 g/mol. The lowest BCUT2D eigenvalue weighted by Crippen LogP contribution is -2.33. The fourth-order valence-corrected chi connectivity index (χ4v) is 4.48. The maximum absolute atomic E-state index is 13.7. The molecule has 1 aromatic heterocycles. The van der Waals surface area contributed by atoms with Gasteiger partial charge in [-0.1, -0.05) is 84.0 Å². The van der Waals surface area contributed by atoms with Crippen molar-refractivity contribution in [3.8, 4) is 28.1 Å². The molecule has 7 heteroatoms. The van der Waals surface area contributed by atoms with Crippen LogP contribution in [0.1, 0.15) is 64.5 Å². The normalized spacial score (nSPS) is 12.4. The molecule has 7 nitrogen and oxygen atoms in total. The summed E-state index contributed by atoms with van der Waals surface area (Å²) in [5.74, 6) is -0.261. The van der Waals surface area contributed by atoms with Gasteiger partial charge < -0.3 is 19.8 Å². The molecule has 3 rings (SSSR count). The van der Waals surface area contributed by atoms with Gasteiger partial charge in [0, 0.05) is 34.9 Å². The Morgan fingerprint density at radius 3 is 1.92 bits per heavy atom. The molecule has 1 amide bonds. The Labute approximate surface area is 230 Å². The van der Waals surface area contributed by atoms with Crippen LogP contribution in [0.25, 0.3) is 22.4 Å². The fraction of sp³-hybridized carbons (Fsp3) is 0.344. The van der Waals surface area contributed by atoms with E-state index < -0.39 is 5.41 Å². The summed E-state index contributed by atoms with van der Waals surface area (Å²) in [6.45, 7) is 13.1. The number of aromatic nitrogens is 1. The number of hydrogen-bond donors (Lipinski definition) is 2. The number of pyridine rings is 1. The van der Waals surface area contributed by atoms with Gasteiger partial charge in [0.05, 0.1) is 31.3 Å². The molecule has 0 aliphatic carbocycles. The van der Waals surface area contributed by atoms with Crippen molar-refractivity contribution < 1.29 is 19.1 Å². The van der Waals surface area contributed by atoms with Crippen molar-refractivity contribution in [2.45, 2.75) is 53.9 Å². The van der Waals surface area contributed by atoms with Gasteiger partial charge in [-0.25, -0.2) is 0 Å². The number of Topliss-reactive ketones (excluding diaryl/α,β-unsaturated/α-hetero) is 1. The molecule has 0 spiro atoms. The fourth-order valence-electron chi connectivity index (χ4n) is 4.48. The minimum absolute atomic E-state index is 0.110. The predicted octanol–water partition coefficient (Wildman–Crippen LogP) is 6.24. The van der Waals surface area contributed by atoms with E-state index in [9.17, 15) is 14.4 Å². The Balaban J connectivity index is 2.21. The van der Waals surface area contributed by atoms with Gasteiger partial charge in [0.2, 0.25) is 5.43 Å². The molecule has 0 saturated heterocycles. The van der Waals surface area contributed by atoms with E-state index in [1.165, 1.54) is 27.2 Å². The zero-order valence-corrected chi connectivity index (χ0v) is 24.2. The van der Waals surface area contributed by atoms with Gasteiger partial charge in [0.15, 0.2) is 17.3 Å². The van der Waals surface area contributed by atoms with Gasteiger partial charge >= 0.3 is 0 Å². The summed E-state index contributed by atoms with van der Waals surface area (Å²) >= 11 is 0. The lowest BCUT2D eigenvalue weighted by atomic mass is 9.88. The highest BCUT2D eigenvalue weighted by Gasteiger charge is 2.28. The van der Waals surface area contributed by atoms with E-state index in [1.807, 2.05) is 77.9 Å². The zero-order chi connectivity index (χ0) is 29.1. The van der Waals surface area contributed by atoms with Gasteiger partial charge in [0.1, 0.15) is 0 Å². The number of H-pyrrole nitrogens is 1. The van der Waals surface area contributed by atoms with Crippen LogP contribution in [-0.2, 0) is 14.9 Å². The highest BCUT2D eigenvalue weighted by Crippen LogP contribution is 2.36. The highest BCUT2D eigenvalue weighted by atomic mass is 16.5. The summed E-state index contributed by atoms with van der Waals surface area (Å²) in [6.07, 6.45) is 0. The second-order valence-electron chi connectivity index (χ2n) is 11.5. The number of benzene rings is 2. The molecule has 2 N–H and O–H groups in total. The number of aromatic amines is 1. The summed E-state index contributed by atoms with van der Waals surface area (Å²) in [6, 6.07) is 16.4. The third-order valence-corrected chi connectivity index (χ3v) is 6.36. The number of carbonyl (C=O) groups is 2. The van der Waals surface area contributed by atoms with E-state index >= 15 is 0 Å². The molecule has 0 bridgehead atoms. The smallest absolute Gasteiger partial charge is 0.256 e. The molecule has 206 valence electrons. The van der Waals surface area contributed by atoms with Crippen molar-refractivity contribution >= 4 is 11.7 Å². The third-order valence-electron chi connectivity index (χ3n) is 6.36. The number of nitrogens with one attached hydrogen (secondary N) is 2. The summed E-state index contributed by atoms with van der Waals surface area (Å²) in [7, 11) is 2.91. The Hall–Kier alpha value is -4.13. The number of ketones is 1. The first-order valence-electron chi connectivity index (χ1n) is 12.8. The van der Waals surface area contributed by atoms with Crippen molar-refractivity contribution in [3.05, 3.63) is 87.5 Å². The molecule has 0 aliphatic heterocycles. The van der Waals surface area contributed by atoms with Gasteiger partial charge in [0.25, 0.3) is 5.91 Å². The summed E-state index contributed by atoms with van der Waals surface area (Å²) in [4.78, 5) is 42.5. The molecule has 2 aromatic carbocycles. The second kappa shape index (κ2) is 11.3. The van der Waals surface area contributed by atoms with Crippen LogP contribution in [0.15, 0.2) is 70.8 Å². The SMILES string of the molecule is CO/C(C(C)=O)=C(/NC(=O)c1ccccc1-c1ccccc1-c1cc(=O)c(OC)c(C(C)(C)C)[nH]1)C(C)(C)C. The lowest BCUT2D eigenvalue weighted by Gasteiger charge is -2.26. The van der Waals surface area contributed by atoms with Crippen molar-refractivity contribution in [1.29, 1.82) is 0 Å². The number of amides is 1. The summed E-state index contributed by atoms with van der Waals surface area (Å²) in [5.41, 5.74) is 3.15. The second-order valence-corrected chi connectivity index (χ2v) is 11.5. The molecular formula is C32H38N2O5. The van der Waals surface area contributed by atoms with Crippen molar-refractivity contribution in [3.63, 3.8) is 0 Å². The monoisotopic (exact) mass is 530 g/mol. The maximum Gasteiger partial charge on any atom is 0.256 e. The van der Waals surface area contributed by atoms with Crippen LogP contribution in [0.3, 0.4) is 0 Å². The molecule has 1 heterocycles. The molecule has 39 heavy (non-hydrogen) atoms. The van der Waals surface area contributed by atoms with Crippen molar-refractivity contribution in [1.82, 2.24) is 10.3 Å². The average Bonchev–Trinajstić information content (AvgIpc) is 2.86. The predicted molar refractivity (Wildman–Crippen MR) is 155 cm³/mol. The first-order chi connectivity index (χ1) is 18.2. The minimum Gasteiger partial charge on any atom is -0.491 e. The Bertz CT molecular complexity index is 1480. The van der Waals surface area contributed by atoms with Gasteiger partial charge in [-0.05, 0) is 17.2 Å². The van der Waals surface area contributed by atoms with Crippen LogP contribution < -0.4 is 15.5 Å². The lowest BCUT2D eigenvalue weighted by molar-refractivity contribution is -0.116. The van der Waals surface area contributed by atoms with E-state index in [2.05, 4.69) is 10.3 Å². The molecular weight excluding hydrogens is 492 g/mol. The number of hydrogen-bond acceptors (Lipinski definition) is 5. The van der Waals surface area contributed by atoms with E-state index in [1.54, 1.807) is 12.1 Å². The first-order valence-corrected chi connectivity index (χ1v) is 12.8. The third kappa shape index (κ3) is 6.30. The van der Waals surface area contributed by atoms with E-state index in [4.69, 9.17) is 9.47 Å². The van der Waals surface area contributed by atoms with Gasteiger partial charge in [-0.15, -0.1) is 0 Å². The summed E-state index contributed by atoms with van der Waals surface area (Å²) < 4.78 is 10.8. The van der Waals surface area contributed by atoms with E-state index in [-0.39, 0.29) is 34.0 Å². The number of ether oxygens (including phenoxy) is 2. The molecule has 0 saturated carbocycles. The van der Waals surface area contributed by atoms with Crippen molar-refractivity contribution in [2.75, 3.05) is 14.2 Å². The molecule has 0 radical (unpaired) electrons. The van der Waals surface area contributed by atoms with Crippen molar-refractivity contribution in [2.24, 2.45) is 5.41 Å². The topological polar surface area (TPSA) is 97.5 Å². The number of allylic oxidation sites excluding steroid dienone is 2. The molecule has 0 atom stereocenters. The summed E-state index contributed by atoms with van der Waals surface area (Å²) in [5, 5.41) is 2.95. The van der Waals surface area contributed by atoms with Crippen LogP contribution in [-0.4, -0.2) is 30.9 Å². The van der Waals surface area contributed by atoms with E-state index in [0.29, 0.717) is 28.2 Å². The van der Waals surface area contributed by atoms with E-state index in [0.717, 1.165) is 11.1 Å². The number of rotatable bonds is 7. The molecule has 0 fully saturated rings. The number of carbonyl (C=O) groups excluding carboxylic acids is 2. The Morgan fingerprint density at radius 2 is 1.41 bits per heavy atom. The number of methoxy groups -OCH3 is 2. The van der Waals surface area contributed by atoms with Crippen LogP contribution in [0.4, 0.5) is 0 Å². The zero-order valence-electron chi connectivity index (χ0n) is 24.2. The first kappa shape index (κ1) is 29.4. The Morgan fingerprint density at radius 1 is 0.846 bits per heavy atom. The molecule has 0 aliphatic rings. The van der Waals surface area contributed by atoms with Crippen LogP contribution in [0.2, 0.25) is 0 Å². The van der Waals surface area contributed by atoms with Crippen LogP contribution in [0.5, 0.6) is 5.75 Å². The quantitative estimate of drug-likeness (QED) is 0.278. The van der Waals surface area contributed by atoms with Gasteiger partial charge in [-0.3, -0.25) is 14.4 Å². The largest absolute Gasteiger partial charge is 0.491 e. The maximum atomic E-state index is 13.7. The molecule has 3 aromatic rings. The van der Waals surface area contributed by atoms with Crippen LogP contribution in [0, 0.1) is 5.41 Å². The van der Waals surface area contributed by atoms with Gasteiger partial charge in [-0.2, -0.15) is 0 Å². The van der Waals surface area contributed by atoms with Crippen LogP contribution >= 0.6 is 0 Å². The molecule has 0 unspecified atom stereocenters. The minimum atomic E-state index is -0.564. The Kier molecular flexibility index (Phi) is 8.54.